The van der Waals surface area contributed by atoms with Gasteiger partial charge in [-0.05, 0) is 12.1 Å². The van der Waals surface area contributed by atoms with Crippen LogP contribution in [0.15, 0.2) is 53.1 Å². The van der Waals surface area contributed by atoms with E-state index in [4.69, 9.17) is 0 Å². The van der Waals surface area contributed by atoms with Crippen LogP contribution < -0.4 is 5.32 Å². The molecule has 1 N–H and O–H groups in total. The average molecular weight is 392 g/mol. The molecule has 1 amide bonds. The van der Waals surface area contributed by atoms with E-state index in [0.717, 1.165) is 17.7 Å². The van der Waals surface area contributed by atoms with E-state index >= 15 is 0 Å². The number of rotatable bonds is 3. The number of aryl methyl sites for hydroxylation is 1. The number of nitrogens with one attached hydrogen (secondary N) is 1. The summed E-state index contributed by atoms with van der Waals surface area (Å²) in [6.45, 7) is 0. The molecule has 0 saturated carbocycles. The fraction of sp³-hybridized carbons (Fsp3) is 0.0588. The zero-order chi connectivity index (χ0) is 17.3. The number of nitrogens with zero attached hydrogens (tertiary/aromatic N) is 2. The summed E-state index contributed by atoms with van der Waals surface area (Å²) in [5, 5.41) is 6.82. The Kier molecular flexibility index (Phi) is 4.44. The Balaban J connectivity index is 1.97. The average Bonchev–Trinajstić information content (AvgIpc) is 2.87. The summed E-state index contributed by atoms with van der Waals surface area (Å²) < 4.78 is 29.6. The fourth-order valence-corrected chi connectivity index (χ4v) is 2.74. The molecule has 2 aromatic carbocycles. The summed E-state index contributed by atoms with van der Waals surface area (Å²) in [6.07, 6.45) is 1.58. The van der Waals surface area contributed by atoms with Crippen molar-refractivity contribution in [1.29, 1.82) is 0 Å². The number of hydrogen-bond donors (Lipinski definition) is 1. The molecule has 0 bridgehead atoms. The summed E-state index contributed by atoms with van der Waals surface area (Å²) in [5.74, 6) is -2.75. The van der Waals surface area contributed by atoms with Gasteiger partial charge in [-0.3, -0.25) is 9.48 Å². The number of anilines is 1. The van der Waals surface area contributed by atoms with E-state index in [9.17, 15) is 13.6 Å². The van der Waals surface area contributed by atoms with Crippen LogP contribution in [-0.4, -0.2) is 15.7 Å². The molecule has 0 radical (unpaired) electrons. The van der Waals surface area contributed by atoms with Crippen molar-refractivity contribution in [2.45, 2.75) is 0 Å². The van der Waals surface area contributed by atoms with Crippen LogP contribution in [0.1, 0.15) is 10.4 Å². The van der Waals surface area contributed by atoms with E-state index in [1.807, 2.05) is 30.3 Å². The van der Waals surface area contributed by atoms with Gasteiger partial charge in [-0.2, -0.15) is 5.10 Å². The van der Waals surface area contributed by atoms with Crippen LogP contribution in [0.2, 0.25) is 0 Å². The van der Waals surface area contributed by atoms with Crippen LogP contribution in [0, 0.1) is 11.6 Å². The zero-order valence-electron chi connectivity index (χ0n) is 12.6. The molecule has 0 aliphatic heterocycles. The van der Waals surface area contributed by atoms with Crippen molar-refractivity contribution in [3.05, 3.63) is 70.3 Å². The van der Waals surface area contributed by atoms with Crippen LogP contribution in [0.4, 0.5) is 14.5 Å². The Morgan fingerprint density at radius 1 is 1.17 bits per heavy atom. The Morgan fingerprint density at radius 3 is 2.42 bits per heavy atom. The fourth-order valence-electron chi connectivity index (χ4n) is 2.33. The van der Waals surface area contributed by atoms with Gasteiger partial charge in [-0.1, -0.05) is 46.3 Å². The van der Waals surface area contributed by atoms with E-state index in [2.05, 4.69) is 26.3 Å². The molecule has 0 spiro atoms. The number of amides is 1. The first-order valence-corrected chi connectivity index (χ1v) is 7.80. The number of carbonyl (C=O) groups is 1. The van der Waals surface area contributed by atoms with E-state index in [0.29, 0.717) is 11.4 Å². The Hall–Kier alpha value is -2.54. The number of benzene rings is 2. The zero-order valence-corrected chi connectivity index (χ0v) is 14.1. The van der Waals surface area contributed by atoms with Crippen molar-refractivity contribution in [2.24, 2.45) is 7.05 Å². The van der Waals surface area contributed by atoms with Gasteiger partial charge in [0.15, 0.2) is 0 Å². The summed E-state index contributed by atoms with van der Waals surface area (Å²) in [4.78, 5) is 12.3. The summed E-state index contributed by atoms with van der Waals surface area (Å²) in [7, 11) is 1.70. The minimum absolute atomic E-state index is 0.223. The SMILES string of the molecule is Cn1cc(NC(=O)c2c(F)cc(Br)cc2F)c(-c2ccccc2)n1. The summed E-state index contributed by atoms with van der Waals surface area (Å²) in [5.41, 5.74) is 1.03. The quantitative estimate of drug-likeness (QED) is 0.719. The third kappa shape index (κ3) is 3.21. The Bertz CT molecular complexity index is 886. The normalized spacial score (nSPS) is 10.7. The molecule has 1 heterocycles. The van der Waals surface area contributed by atoms with Crippen molar-refractivity contribution >= 4 is 27.5 Å². The van der Waals surface area contributed by atoms with E-state index in [1.54, 1.807) is 13.2 Å². The molecule has 0 saturated heterocycles. The maximum Gasteiger partial charge on any atom is 0.261 e. The molecule has 4 nitrogen and oxygen atoms in total. The first-order valence-electron chi connectivity index (χ1n) is 7.00. The smallest absolute Gasteiger partial charge is 0.261 e. The minimum atomic E-state index is -0.940. The van der Waals surface area contributed by atoms with Crippen molar-refractivity contribution in [2.75, 3.05) is 5.32 Å². The van der Waals surface area contributed by atoms with Crippen LogP contribution in [0.5, 0.6) is 0 Å². The molecule has 3 rings (SSSR count). The lowest BCUT2D eigenvalue weighted by Crippen LogP contribution is -2.16. The first-order chi connectivity index (χ1) is 11.5. The van der Waals surface area contributed by atoms with Crippen LogP contribution in [0.25, 0.3) is 11.3 Å². The van der Waals surface area contributed by atoms with Crippen molar-refractivity contribution in [3.63, 3.8) is 0 Å². The molecule has 0 unspecified atom stereocenters. The molecule has 1 aromatic heterocycles. The second-order valence-electron chi connectivity index (χ2n) is 5.13. The highest BCUT2D eigenvalue weighted by Gasteiger charge is 2.21. The lowest BCUT2D eigenvalue weighted by molar-refractivity contribution is 0.101. The third-order valence-electron chi connectivity index (χ3n) is 3.36. The highest BCUT2D eigenvalue weighted by atomic mass is 79.9. The number of aromatic nitrogens is 2. The Labute approximate surface area is 145 Å². The maximum atomic E-state index is 13.9. The predicted octanol–water partition coefficient (Wildman–Crippen LogP) is 4.38. The summed E-state index contributed by atoms with van der Waals surface area (Å²) in [6, 6.07) is 11.3. The maximum absolute atomic E-state index is 13.9. The molecule has 0 aliphatic rings. The lowest BCUT2D eigenvalue weighted by atomic mass is 10.1. The minimum Gasteiger partial charge on any atom is -0.319 e. The van der Waals surface area contributed by atoms with Gasteiger partial charge in [0.1, 0.15) is 22.9 Å². The van der Waals surface area contributed by atoms with Gasteiger partial charge in [-0.25, -0.2) is 8.78 Å². The molecular weight excluding hydrogens is 380 g/mol. The molecule has 24 heavy (non-hydrogen) atoms. The molecule has 122 valence electrons. The van der Waals surface area contributed by atoms with Gasteiger partial charge in [0.2, 0.25) is 0 Å². The second kappa shape index (κ2) is 6.52. The van der Waals surface area contributed by atoms with E-state index in [1.165, 1.54) is 4.68 Å². The summed E-state index contributed by atoms with van der Waals surface area (Å²) >= 11 is 2.98. The Morgan fingerprint density at radius 2 is 1.79 bits per heavy atom. The van der Waals surface area contributed by atoms with Crippen molar-refractivity contribution in [1.82, 2.24) is 9.78 Å². The van der Waals surface area contributed by atoms with Crippen LogP contribution >= 0.6 is 15.9 Å². The standard InChI is InChI=1S/C17H12BrF2N3O/c1-23-9-14(16(22-23)10-5-3-2-4-6-10)21-17(24)15-12(19)7-11(18)8-13(15)20/h2-9H,1H3,(H,21,24). The third-order valence-corrected chi connectivity index (χ3v) is 3.82. The van der Waals surface area contributed by atoms with E-state index in [-0.39, 0.29) is 4.47 Å². The van der Waals surface area contributed by atoms with Crippen molar-refractivity contribution < 1.29 is 13.6 Å². The van der Waals surface area contributed by atoms with Gasteiger partial charge >= 0.3 is 0 Å². The topological polar surface area (TPSA) is 46.9 Å². The molecule has 0 atom stereocenters. The highest BCUT2D eigenvalue weighted by Crippen LogP contribution is 2.27. The van der Waals surface area contributed by atoms with Gasteiger partial charge in [0, 0.05) is 23.3 Å². The molecule has 0 fully saturated rings. The van der Waals surface area contributed by atoms with Crippen LogP contribution in [-0.2, 0) is 7.05 Å². The van der Waals surface area contributed by atoms with Gasteiger partial charge in [0.05, 0.1) is 5.69 Å². The first kappa shape index (κ1) is 16.3. The van der Waals surface area contributed by atoms with Gasteiger partial charge in [-0.15, -0.1) is 0 Å². The molecule has 3 aromatic rings. The molecular formula is C17H12BrF2N3O. The second-order valence-corrected chi connectivity index (χ2v) is 6.05. The van der Waals surface area contributed by atoms with Gasteiger partial charge < -0.3 is 5.32 Å². The largest absolute Gasteiger partial charge is 0.319 e. The van der Waals surface area contributed by atoms with Crippen molar-refractivity contribution in [3.8, 4) is 11.3 Å². The highest BCUT2D eigenvalue weighted by molar-refractivity contribution is 9.10. The van der Waals surface area contributed by atoms with E-state index < -0.39 is 23.1 Å². The molecule has 0 aliphatic carbocycles. The monoisotopic (exact) mass is 391 g/mol. The predicted molar refractivity (Wildman–Crippen MR) is 90.7 cm³/mol. The number of hydrogen-bond acceptors (Lipinski definition) is 2. The lowest BCUT2D eigenvalue weighted by Gasteiger charge is -2.08. The number of halogens is 3. The molecule has 7 heteroatoms. The van der Waals surface area contributed by atoms with Crippen LogP contribution in [0.3, 0.4) is 0 Å². The number of carbonyl (C=O) groups excluding carboxylic acids is 1. The van der Waals surface area contributed by atoms with Gasteiger partial charge in [0.25, 0.3) is 5.91 Å².